The number of rotatable bonds is 5. The number of hydrogen-bond acceptors (Lipinski definition) is 5. The zero-order valence-corrected chi connectivity index (χ0v) is 15.3. The van der Waals surface area contributed by atoms with E-state index < -0.39 is 5.37 Å². The van der Waals surface area contributed by atoms with Crippen LogP contribution in [0.5, 0.6) is 5.75 Å². The number of halogens is 1. The van der Waals surface area contributed by atoms with Crippen molar-refractivity contribution in [2.24, 2.45) is 0 Å². The molecule has 2 amide bonds. The molecule has 0 radical (unpaired) electrons. The van der Waals surface area contributed by atoms with E-state index in [1.54, 1.807) is 19.2 Å². The van der Waals surface area contributed by atoms with Gasteiger partial charge in [-0.25, -0.2) is 0 Å². The van der Waals surface area contributed by atoms with Crippen LogP contribution in [-0.2, 0) is 11.3 Å². The number of nitrogens with one attached hydrogen (secondary N) is 1. The minimum atomic E-state index is -0.610. The first-order chi connectivity index (χ1) is 11.6. The van der Waals surface area contributed by atoms with Gasteiger partial charge in [0.25, 0.3) is 11.1 Å². The van der Waals surface area contributed by atoms with Crippen molar-refractivity contribution in [3.8, 4) is 5.75 Å². The van der Waals surface area contributed by atoms with Crippen LogP contribution in [-0.4, -0.2) is 28.5 Å². The smallest absolute Gasteiger partial charge is 0.291 e. The molecule has 0 saturated carbocycles. The van der Waals surface area contributed by atoms with Gasteiger partial charge in [-0.05, 0) is 53.7 Å². The lowest BCUT2D eigenvalue weighted by Crippen LogP contribution is -2.33. The second-order valence-corrected chi connectivity index (χ2v) is 7.16. The standard InChI is InChI=1S/C17H15BrN2O3S/c1-23-14-8-6-13(7-9-14)19-15-16(21)20(17(22)24-15)10-11-2-4-12(18)5-3-11/h2-9,15,19H,10H2,1H3/t15-/m0/s1. The van der Waals surface area contributed by atoms with Crippen LogP contribution in [0.3, 0.4) is 0 Å². The number of ether oxygens (including phenoxy) is 1. The Morgan fingerprint density at radius 1 is 1.12 bits per heavy atom. The topological polar surface area (TPSA) is 58.6 Å². The van der Waals surface area contributed by atoms with Gasteiger partial charge in [-0.1, -0.05) is 28.1 Å². The minimum Gasteiger partial charge on any atom is -0.497 e. The SMILES string of the molecule is COc1ccc(N[C@H]2SC(=O)N(Cc3ccc(Br)cc3)C2=O)cc1. The molecule has 1 aliphatic rings. The van der Waals surface area contributed by atoms with Gasteiger partial charge in [-0.15, -0.1) is 0 Å². The molecule has 2 aromatic rings. The fraction of sp³-hybridized carbons (Fsp3) is 0.176. The Labute approximate surface area is 152 Å². The molecule has 7 heteroatoms. The van der Waals surface area contributed by atoms with E-state index >= 15 is 0 Å². The van der Waals surface area contributed by atoms with Gasteiger partial charge in [0.05, 0.1) is 13.7 Å². The summed E-state index contributed by atoms with van der Waals surface area (Å²) >= 11 is 4.36. The van der Waals surface area contributed by atoms with Crippen molar-refractivity contribution in [2.45, 2.75) is 11.9 Å². The molecule has 0 spiro atoms. The summed E-state index contributed by atoms with van der Waals surface area (Å²) in [5.41, 5.74) is 1.67. The minimum absolute atomic E-state index is 0.233. The van der Waals surface area contributed by atoms with Crippen LogP contribution < -0.4 is 10.1 Å². The quantitative estimate of drug-likeness (QED) is 0.809. The van der Waals surface area contributed by atoms with Crippen molar-refractivity contribution >= 4 is 44.5 Å². The molecule has 0 unspecified atom stereocenters. The summed E-state index contributed by atoms with van der Waals surface area (Å²) in [6, 6.07) is 14.8. The summed E-state index contributed by atoms with van der Waals surface area (Å²) in [6.45, 7) is 0.277. The van der Waals surface area contributed by atoms with Gasteiger partial charge in [-0.2, -0.15) is 0 Å². The maximum Gasteiger partial charge on any atom is 0.291 e. The van der Waals surface area contributed by atoms with E-state index in [0.717, 1.165) is 33.2 Å². The zero-order valence-electron chi connectivity index (χ0n) is 12.9. The van der Waals surface area contributed by atoms with Crippen LogP contribution in [0.1, 0.15) is 5.56 Å². The number of imide groups is 1. The van der Waals surface area contributed by atoms with Crippen molar-refractivity contribution in [1.29, 1.82) is 0 Å². The van der Waals surface area contributed by atoms with Gasteiger partial charge in [0, 0.05) is 10.2 Å². The molecule has 1 aliphatic heterocycles. The average molecular weight is 407 g/mol. The lowest BCUT2D eigenvalue weighted by molar-refractivity contribution is -0.126. The number of methoxy groups -OCH3 is 1. The van der Waals surface area contributed by atoms with Crippen molar-refractivity contribution in [3.63, 3.8) is 0 Å². The summed E-state index contributed by atoms with van der Waals surface area (Å²) in [5.74, 6) is 0.502. The molecule has 1 fully saturated rings. The summed E-state index contributed by atoms with van der Waals surface area (Å²) in [6.07, 6.45) is 0. The third-order valence-electron chi connectivity index (χ3n) is 3.57. The van der Waals surface area contributed by atoms with Gasteiger partial charge < -0.3 is 10.1 Å². The second-order valence-electron chi connectivity index (χ2n) is 5.19. The lowest BCUT2D eigenvalue weighted by Gasteiger charge is -2.15. The number of anilines is 1. The average Bonchev–Trinajstić information content (AvgIpc) is 2.85. The fourth-order valence-corrected chi connectivity index (χ4v) is 3.46. The Bertz CT molecular complexity index is 749. The first-order valence-electron chi connectivity index (χ1n) is 7.24. The summed E-state index contributed by atoms with van der Waals surface area (Å²) < 4.78 is 6.06. The van der Waals surface area contributed by atoms with E-state index in [0.29, 0.717) is 0 Å². The van der Waals surface area contributed by atoms with E-state index in [4.69, 9.17) is 4.74 Å². The largest absolute Gasteiger partial charge is 0.497 e. The van der Waals surface area contributed by atoms with Gasteiger partial charge >= 0.3 is 0 Å². The fourth-order valence-electron chi connectivity index (χ4n) is 2.29. The molecular formula is C17H15BrN2O3S. The first-order valence-corrected chi connectivity index (χ1v) is 8.91. The highest BCUT2D eigenvalue weighted by Crippen LogP contribution is 2.30. The van der Waals surface area contributed by atoms with E-state index in [1.807, 2.05) is 36.4 Å². The highest BCUT2D eigenvalue weighted by atomic mass is 79.9. The summed E-state index contributed by atoms with van der Waals surface area (Å²) in [7, 11) is 1.59. The van der Waals surface area contributed by atoms with Crippen molar-refractivity contribution in [1.82, 2.24) is 4.90 Å². The van der Waals surface area contributed by atoms with Crippen molar-refractivity contribution in [3.05, 3.63) is 58.6 Å². The molecule has 2 aromatic carbocycles. The van der Waals surface area contributed by atoms with Gasteiger partial charge in [0.1, 0.15) is 5.75 Å². The van der Waals surface area contributed by atoms with Crippen LogP contribution in [0.25, 0.3) is 0 Å². The number of carbonyl (C=O) groups is 2. The molecule has 0 bridgehead atoms. The highest BCUT2D eigenvalue weighted by Gasteiger charge is 2.39. The Hall–Kier alpha value is -1.99. The van der Waals surface area contributed by atoms with Crippen LogP contribution in [0.2, 0.25) is 0 Å². The predicted octanol–water partition coefficient (Wildman–Crippen LogP) is 4.09. The first kappa shape index (κ1) is 16.9. The third-order valence-corrected chi connectivity index (χ3v) is 5.08. The lowest BCUT2D eigenvalue weighted by atomic mass is 10.2. The van der Waals surface area contributed by atoms with Crippen LogP contribution in [0.15, 0.2) is 53.0 Å². The third kappa shape index (κ3) is 3.73. The molecule has 5 nitrogen and oxygen atoms in total. The normalized spacial score (nSPS) is 17.2. The molecule has 24 heavy (non-hydrogen) atoms. The van der Waals surface area contributed by atoms with E-state index in [9.17, 15) is 9.59 Å². The Balaban J connectivity index is 1.67. The molecule has 124 valence electrons. The molecule has 1 atom stereocenters. The summed E-state index contributed by atoms with van der Waals surface area (Å²) in [5, 5.41) is 2.23. The number of carbonyl (C=O) groups excluding carboxylic acids is 2. The van der Waals surface area contributed by atoms with Crippen LogP contribution in [0.4, 0.5) is 10.5 Å². The molecule has 1 N–H and O–H groups in total. The molecule has 3 rings (SSSR count). The number of thioether (sulfide) groups is 1. The maximum atomic E-state index is 12.5. The number of hydrogen-bond donors (Lipinski definition) is 1. The highest BCUT2D eigenvalue weighted by molar-refractivity contribution is 9.10. The van der Waals surface area contributed by atoms with Gasteiger partial charge in [0.15, 0.2) is 5.37 Å². The second kappa shape index (κ2) is 7.27. The number of nitrogens with zero attached hydrogens (tertiary/aromatic N) is 1. The summed E-state index contributed by atoms with van der Waals surface area (Å²) in [4.78, 5) is 25.9. The van der Waals surface area contributed by atoms with E-state index in [-0.39, 0.29) is 17.7 Å². The molecule has 0 aliphatic carbocycles. The van der Waals surface area contributed by atoms with Gasteiger partial charge in [-0.3, -0.25) is 14.5 Å². The number of benzene rings is 2. The van der Waals surface area contributed by atoms with Crippen LogP contribution >= 0.6 is 27.7 Å². The zero-order chi connectivity index (χ0) is 17.1. The monoisotopic (exact) mass is 406 g/mol. The number of amides is 2. The Kier molecular flexibility index (Phi) is 5.11. The molecule has 0 aromatic heterocycles. The van der Waals surface area contributed by atoms with Crippen LogP contribution in [0, 0.1) is 0 Å². The van der Waals surface area contributed by atoms with E-state index in [2.05, 4.69) is 21.2 Å². The predicted molar refractivity (Wildman–Crippen MR) is 98.1 cm³/mol. The van der Waals surface area contributed by atoms with Crippen molar-refractivity contribution in [2.75, 3.05) is 12.4 Å². The van der Waals surface area contributed by atoms with Gasteiger partial charge in [0.2, 0.25) is 0 Å². The Morgan fingerprint density at radius 2 is 1.79 bits per heavy atom. The molecular weight excluding hydrogens is 392 g/mol. The maximum absolute atomic E-state index is 12.5. The molecule has 1 saturated heterocycles. The Morgan fingerprint density at radius 3 is 2.42 bits per heavy atom. The van der Waals surface area contributed by atoms with E-state index in [1.165, 1.54) is 4.90 Å². The van der Waals surface area contributed by atoms with Crippen molar-refractivity contribution < 1.29 is 14.3 Å². The molecule has 1 heterocycles.